The Bertz CT molecular complexity index is 1160. The Balaban J connectivity index is 1.34. The average molecular weight is 418 g/mol. The third-order valence-electron chi connectivity index (χ3n) is 4.70. The SMILES string of the molecule is CCCCOC(=O)c1ccc(NC(=O)Cc2cc(-c3cc4ccccc4o3)on2)cc1. The molecule has 0 bridgehead atoms. The first kappa shape index (κ1) is 20.4. The van der Waals surface area contributed by atoms with Gasteiger partial charge in [0.15, 0.2) is 5.76 Å². The van der Waals surface area contributed by atoms with Crippen LogP contribution in [0.5, 0.6) is 0 Å². The minimum absolute atomic E-state index is 0.0462. The van der Waals surface area contributed by atoms with Crippen LogP contribution < -0.4 is 5.32 Å². The fourth-order valence-corrected chi connectivity index (χ4v) is 3.07. The van der Waals surface area contributed by atoms with Gasteiger partial charge in [0.05, 0.1) is 24.3 Å². The first-order valence-corrected chi connectivity index (χ1v) is 10.1. The summed E-state index contributed by atoms with van der Waals surface area (Å²) in [5, 5.41) is 7.71. The van der Waals surface area contributed by atoms with E-state index in [1.807, 2.05) is 37.3 Å². The molecular weight excluding hydrogens is 396 g/mol. The van der Waals surface area contributed by atoms with Crippen LogP contribution in [0.25, 0.3) is 22.5 Å². The summed E-state index contributed by atoms with van der Waals surface area (Å²) in [6.45, 7) is 2.44. The predicted octanol–water partition coefficient (Wildman–Crippen LogP) is 5.23. The van der Waals surface area contributed by atoms with Crippen LogP contribution in [0.2, 0.25) is 0 Å². The number of nitrogens with zero attached hydrogens (tertiary/aromatic N) is 1. The van der Waals surface area contributed by atoms with Gasteiger partial charge in [0.2, 0.25) is 11.7 Å². The van der Waals surface area contributed by atoms with E-state index in [1.165, 1.54) is 0 Å². The van der Waals surface area contributed by atoms with Crippen LogP contribution in [-0.2, 0) is 16.0 Å². The number of nitrogens with one attached hydrogen (secondary N) is 1. The number of anilines is 1. The van der Waals surface area contributed by atoms with Gasteiger partial charge in [0.1, 0.15) is 5.58 Å². The van der Waals surface area contributed by atoms with Gasteiger partial charge in [0, 0.05) is 17.1 Å². The second kappa shape index (κ2) is 9.30. The molecule has 0 fully saturated rings. The molecule has 0 atom stereocenters. The molecule has 0 aliphatic rings. The van der Waals surface area contributed by atoms with Crippen LogP contribution in [0.1, 0.15) is 35.8 Å². The van der Waals surface area contributed by atoms with Crippen molar-refractivity contribution >= 4 is 28.5 Å². The summed E-state index contributed by atoms with van der Waals surface area (Å²) in [5.41, 5.74) is 2.27. The van der Waals surface area contributed by atoms with Crippen molar-refractivity contribution < 1.29 is 23.3 Å². The molecule has 4 aromatic rings. The Morgan fingerprint density at radius 2 is 1.84 bits per heavy atom. The van der Waals surface area contributed by atoms with Gasteiger partial charge in [0.25, 0.3) is 0 Å². The van der Waals surface area contributed by atoms with Gasteiger partial charge in [-0.05, 0) is 42.8 Å². The lowest BCUT2D eigenvalue weighted by Crippen LogP contribution is -2.14. The molecule has 7 heteroatoms. The molecular formula is C24H22N2O5. The average Bonchev–Trinajstić information content (AvgIpc) is 3.41. The lowest BCUT2D eigenvalue weighted by Gasteiger charge is -2.06. The fourth-order valence-electron chi connectivity index (χ4n) is 3.07. The minimum Gasteiger partial charge on any atom is -0.462 e. The maximum atomic E-state index is 12.4. The second-order valence-corrected chi connectivity index (χ2v) is 7.12. The van der Waals surface area contributed by atoms with Crippen LogP contribution in [-0.4, -0.2) is 23.6 Å². The van der Waals surface area contributed by atoms with Crippen molar-refractivity contribution in [2.75, 3.05) is 11.9 Å². The van der Waals surface area contributed by atoms with Crippen LogP contribution >= 0.6 is 0 Å². The number of para-hydroxylation sites is 1. The smallest absolute Gasteiger partial charge is 0.338 e. The number of furan rings is 1. The molecule has 0 unspecified atom stereocenters. The summed E-state index contributed by atoms with van der Waals surface area (Å²) in [7, 11) is 0. The van der Waals surface area contributed by atoms with E-state index < -0.39 is 0 Å². The van der Waals surface area contributed by atoms with Crippen molar-refractivity contribution in [3.8, 4) is 11.5 Å². The number of unbranched alkanes of at least 4 members (excludes halogenated alkanes) is 1. The van der Waals surface area contributed by atoms with E-state index in [4.69, 9.17) is 13.7 Å². The molecule has 158 valence electrons. The molecule has 0 aliphatic heterocycles. The molecule has 0 radical (unpaired) electrons. The number of ether oxygens (including phenoxy) is 1. The van der Waals surface area contributed by atoms with Gasteiger partial charge in [-0.1, -0.05) is 36.7 Å². The van der Waals surface area contributed by atoms with Crippen LogP contribution in [0.15, 0.2) is 69.6 Å². The second-order valence-electron chi connectivity index (χ2n) is 7.12. The molecule has 7 nitrogen and oxygen atoms in total. The molecule has 0 aliphatic carbocycles. The van der Waals surface area contributed by atoms with Gasteiger partial charge < -0.3 is 19.0 Å². The normalized spacial score (nSPS) is 10.9. The van der Waals surface area contributed by atoms with E-state index in [9.17, 15) is 9.59 Å². The number of carbonyl (C=O) groups is 2. The standard InChI is InChI=1S/C24H22N2O5/c1-2-3-12-29-24(28)16-8-10-18(11-9-16)25-23(27)15-19-14-22(31-26-19)21-13-17-6-4-5-7-20(17)30-21/h4-11,13-14H,2-3,12,15H2,1H3,(H,25,27). The highest BCUT2D eigenvalue weighted by atomic mass is 16.5. The fraction of sp³-hybridized carbons (Fsp3) is 0.208. The summed E-state index contributed by atoms with van der Waals surface area (Å²) in [6.07, 6.45) is 1.84. The molecule has 0 saturated carbocycles. The molecule has 31 heavy (non-hydrogen) atoms. The van der Waals surface area contributed by atoms with E-state index >= 15 is 0 Å². The number of amides is 1. The molecule has 2 aromatic carbocycles. The monoisotopic (exact) mass is 418 g/mol. The number of hydrogen-bond acceptors (Lipinski definition) is 6. The highest BCUT2D eigenvalue weighted by Gasteiger charge is 2.14. The zero-order valence-electron chi connectivity index (χ0n) is 17.1. The van der Waals surface area contributed by atoms with Crippen LogP contribution in [0.3, 0.4) is 0 Å². The number of hydrogen-bond donors (Lipinski definition) is 1. The maximum Gasteiger partial charge on any atom is 0.338 e. The zero-order valence-corrected chi connectivity index (χ0v) is 17.1. The molecule has 1 amide bonds. The van der Waals surface area contributed by atoms with E-state index in [-0.39, 0.29) is 18.3 Å². The first-order valence-electron chi connectivity index (χ1n) is 10.1. The van der Waals surface area contributed by atoms with Crippen LogP contribution in [0.4, 0.5) is 5.69 Å². The van der Waals surface area contributed by atoms with Crippen molar-refractivity contribution in [3.63, 3.8) is 0 Å². The van der Waals surface area contributed by atoms with Gasteiger partial charge in [-0.2, -0.15) is 0 Å². The third kappa shape index (κ3) is 5.01. The third-order valence-corrected chi connectivity index (χ3v) is 4.70. The molecule has 0 spiro atoms. The molecule has 2 heterocycles. The van der Waals surface area contributed by atoms with Crippen molar-refractivity contribution in [2.24, 2.45) is 0 Å². The molecule has 2 aromatic heterocycles. The summed E-state index contributed by atoms with van der Waals surface area (Å²) in [6, 6.07) is 17.8. The summed E-state index contributed by atoms with van der Waals surface area (Å²) in [4.78, 5) is 24.3. The zero-order chi connectivity index (χ0) is 21.6. The summed E-state index contributed by atoms with van der Waals surface area (Å²) >= 11 is 0. The largest absolute Gasteiger partial charge is 0.462 e. The van der Waals surface area contributed by atoms with E-state index in [0.717, 1.165) is 23.8 Å². The number of carbonyl (C=O) groups excluding carboxylic acids is 2. The number of benzene rings is 2. The lowest BCUT2D eigenvalue weighted by atomic mass is 10.2. The first-order chi connectivity index (χ1) is 15.1. The molecule has 4 rings (SSSR count). The number of aromatic nitrogens is 1. The maximum absolute atomic E-state index is 12.4. The van der Waals surface area contributed by atoms with E-state index in [1.54, 1.807) is 30.3 Å². The summed E-state index contributed by atoms with van der Waals surface area (Å²) in [5.74, 6) is 0.404. The Hall–Kier alpha value is -3.87. The summed E-state index contributed by atoms with van der Waals surface area (Å²) < 4.78 is 16.3. The Morgan fingerprint density at radius 3 is 2.61 bits per heavy atom. The number of esters is 1. The van der Waals surface area contributed by atoms with Gasteiger partial charge in [-0.25, -0.2) is 4.79 Å². The minimum atomic E-state index is -0.368. The van der Waals surface area contributed by atoms with Crippen molar-refractivity contribution in [1.82, 2.24) is 5.16 Å². The number of rotatable bonds is 8. The Kier molecular flexibility index (Phi) is 6.12. The molecule has 1 N–H and O–H groups in total. The topological polar surface area (TPSA) is 94.6 Å². The van der Waals surface area contributed by atoms with Crippen LogP contribution in [0, 0.1) is 0 Å². The highest BCUT2D eigenvalue weighted by molar-refractivity contribution is 5.94. The van der Waals surface area contributed by atoms with E-state index in [0.29, 0.717) is 35.1 Å². The van der Waals surface area contributed by atoms with E-state index in [2.05, 4.69) is 10.5 Å². The van der Waals surface area contributed by atoms with Gasteiger partial charge >= 0.3 is 5.97 Å². The lowest BCUT2D eigenvalue weighted by molar-refractivity contribution is -0.115. The quantitative estimate of drug-likeness (QED) is 0.311. The highest BCUT2D eigenvalue weighted by Crippen LogP contribution is 2.28. The predicted molar refractivity (Wildman–Crippen MR) is 116 cm³/mol. The van der Waals surface area contributed by atoms with Gasteiger partial charge in [-0.3, -0.25) is 4.79 Å². The number of fused-ring (bicyclic) bond motifs is 1. The Morgan fingerprint density at radius 1 is 1.03 bits per heavy atom. The van der Waals surface area contributed by atoms with Crippen molar-refractivity contribution in [3.05, 3.63) is 71.9 Å². The van der Waals surface area contributed by atoms with Crippen molar-refractivity contribution in [2.45, 2.75) is 26.2 Å². The molecule has 0 saturated heterocycles. The van der Waals surface area contributed by atoms with Crippen molar-refractivity contribution in [1.29, 1.82) is 0 Å². The van der Waals surface area contributed by atoms with Gasteiger partial charge in [-0.15, -0.1) is 0 Å². The Labute approximate surface area is 179 Å².